The molecular weight excluding hydrogens is 223 g/mol. The van der Waals surface area contributed by atoms with Crippen molar-refractivity contribution in [3.8, 4) is 0 Å². The van der Waals surface area contributed by atoms with Gasteiger partial charge in [0.2, 0.25) is 5.91 Å². The number of nitrogens with one attached hydrogen (secondary N) is 1. The van der Waals surface area contributed by atoms with E-state index < -0.39 is 5.82 Å². The van der Waals surface area contributed by atoms with E-state index in [1.807, 2.05) is 6.92 Å². The van der Waals surface area contributed by atoms with E-state index in [2.05, 4.69) is 5.32 Å². The standard InChI is InChI=1S/C12H15FN2O2/c1-3-15(7-12(17)14-2)11-5-4-10(13)6-9(11)8-16/h4-6,8H,3,7H2,1-2H3,(H,14,17). The number of hydrogen-bond acceptors (Lipinski definition) is 3. The van der Waals surface area contributed by atoms with Crippen molar-refractivity contribution < 1.29 is 14.0 Å². The van der Waals surface area contributed by atoms with Gasteiger partial charge in [-0.1, -0.05) is 0 Å². The van der Waals surface area contributed by atoms with Crippen molar-refractivity contribution in [3.05, 3.63) is 29.6 Å². The number of likely N-dealkylation sites (N-methyl/N-ethyl adjacent to an activating group) is 2. The van der Waals surface area contributed by atoms with Crippen LogP contribution < -0.4 is 10.2 Å². The maximum Gasteiger partial charge on any atom is 0.239 e. The fraction of sp³-hybridized carbons (Fsp3) is 0.333. The number of amides is 1. The third kappa shape index (κ3) is 3.27. The van der Waals surface area contributed by atoms with Gasteiger partial charge in [-0.15, -0.1) is 0 Å². The molecule has 0 saturated heterocycles. The molecule has 4 nitrogen and oxygen atoms in total. The molecule has 0 fully saturated rings. The molecule has 0 saturated carbocycles. The monoisotopic (exact) mass is 238 g/mol. The minimum Gasteiger partial charge on any atom is -0.362 e. The van der Waals surface area contributed by atoms with E-state index in [-0.39, 0.29) is 18.0 Å². The zero-order valence-electron chi connectivity index (χ0n) is 9.87. The van der Waals surface area contributed by atoms with Crippen LogP contribution in [0.25, 0.3) is 0 Å². The molecule has 5 heteroatoms. The lowest BCUT2D eigenvalue weighted by molar-refractivity contribution is -0.119. The normalized spacial score (nSPS) is 9.82. The fourth-order valence-electron chi connectivity index (χ4n) is 1.53. The molecule has 0 aromatic heterocycles. The summed E-state index contributed by atoms with van der Waals surface area (Å²) < 4.78 is 13.0. The number of benzene rings is 1. The van der Waals surface area contributed by atoms with Crippen LogP contribution in [0.4, 0.5) is 10.1 Å². The molecule has 0 aliphatic carbocycles. The molecule has 0 spiro atoms. The molecule has 92 valence electrons. The van der Waals surface area contributed by atoms with Crippen LogP contribution in [-0.4, -0.2) is 32.3 Å². The van der Waals surface area contributed by atoms with Crippen LogP contribution in [0.3, 0.4) is 0 Å². The summed E-state index contributed by atoms with van der Waals surface area (Å²) in [4.78, 5) is 23.9. The van der Waals surface area contributed by atoms with Gasteiger partial charge in [0.05, 0.1) is 6.54 Å². The fourth-order valence-corrected chi connectivity index (χ4v) is 1.53. The lowest BCUT2D eigenvalue weighted by atomic mass is 10.1. The molecule has 1 aromatic rings. The highest BCUT2D eigenvalue weighted by Crippen LogP contribution is 2.19. The van der Waals surface area contributed by atoms with E-state index in [9.17, 15) is 14.0 Å². The van der Waals surface area contributed by atoms with Crippen molar-refractivity contribution in [2.24, 2.45) is 0 Å². The number of carbonyl (C=O) groups is 2. The van der Waals surface area contributed by atoms with Gasteiger partial charge in [0, 0.05) is 24.8 Å². The lowest BCUT2D eigenvalue weighted by Gasteiger charge is -2.23. The molecule has 0 heterocycles. The van der Waals surface area contributed by atoms with Gasteiger partial charge in [0.15, 0.2) is 6.29 Å². The summed E-state index contributed by atoms with van der Waals surface area (Å²) in [7, 11) is 1.54. The first-order valence-corrected chi connectivity index (χ1v) is 5.32. The van der Waals surface area contributed by atoms with Crippen LogP contribution in [0.1, 0.15) is 17.3 Å². The first-order valence-electron chi connectivity index (χ1n) is 5.32. The summed E-state index contributed by atoms with van der Waals surface area (Å²) in [5.74, 6) is -0.625. The summed E-state index contributed by atoms with van der Waals surface area (Å²) in [6.07, 6.45) is 0.588. The topological polar surface area (TPSA) is 49.4 Å². The second-order valence-electron chi connectivity index (χ2n) is 3.51. The van der Waals surface area contributed by atoms with Crippen LogP contribution in [0.5, 0.6) is 0 Å². The van der Waals surface area contributed by atoms with E-state index in [0.29, 0.717) is 18.5 Å². The Balaban J connectivity index is 3.02. The molecule has 0 bridgehead atoms. The van der Waals surface area contributed by atoms with Crippen LogP contribution in [0, 0.1) is 5.82 Å². The van der Waals surface area contributed by atoms with Gasteiger partial charge in [0.1, 0.15) is 5.82 Å². The van der Waals surface area contributed by atoms with E-state index >= 15 is 0 Å². The van der Waals surface area contributed by atoms with E-state index in [4.69, 9.17) is 0 Å². The van der Waals surface area contributed by atoms with Crippen molar-refractivity contribution >= 4 is 17.9 Å². The van der Waals surface area contributed by atoms with Crippen molar-refractivity contribution in [2.75, 3.05) is 25.0 Å². The maximum absolute atomic E-state index is 13.0. The minimum absolute atomic E-state index is 0.138. The van der Waals surface area contributed by atoms with Crippen molar-refractivity contribution in [3.63, 3.8) is 0 Å². The number of nitrogens with zero attached hydrogens (tertiary/aromatic N) is 1. The molecule has 0 aliphatic rings. The Bertz CT molecular complexity index is 421. The van der Waals surface area contributed by atoms with Gasteiger partial charge in [0.25, 0.3) is 0 Å². The van der Waals surface area contributed by atoms with Gasteiger partial charge >= 0.3 is 0 Å². The second-order valence-corrected chi connectivity index (χ2v) is 3.51. The van der Waals surface area contributed by atoms with E-state index in [1.54, 1.807) is 11.9 Å². The summed E-state index contributed by atoms with van der Waals surface area (Å²) in [6.45, 7) is 2.56. The van der Waals surface area contributed by atoms with E-state index in [1.165, 1.54) is 12.1 Å². The van der Waals surface area contributed by atoms with Crippen molar-refractivity contribution in [2.45, 2.75) is 6.92 Å². The van der Waals surface area contributed by atoms with Crippen LogP contribution in [-0.2, 0) is 4.79 Å². The molecule has 1 rings (SSSR count). The highest BCUT2D eigenvalue weighted by molar-refractivity contribution is 5.87. The summed E-state index contributed by atoms with van der Waals surface area (Å²) in [5.41, 5.74) is 0.809. The summed E-state index contributed by atoms with van der Waals surface area (Å²) in [5, 5.41) is 2.51. The van der Waals surface area contributed by atoms with Crippen LogP contribution >= 0.6 is 0 Å². The first-order chi connectivity index (χ1) is 8.12. The Hall–Kier alpha value is -1.91. The zero-order valence-corrected chi connectivity index (χ0v) is 9.87. The molecule has 0 radical (unpaired) electrons. The molecule has 0 atom stereocenters. The maximum atomic E-state index is 13.0. The summed E-state index contributed by atoms with van der Waals surface area (Å²) in [6, 6.07) is 3.94. The van der Waals surface area contributed by atoms with Crippen LogP contribution in [0.15, 0.2) is 18.2 Å². The average Bonchev–Trinajstić information content (AvgIpc) is 2.35. The molecule has 0 unspecified atom stereocenters. The van der Waals surface area contributed by atoms with Crippen molar-refractivity contribution in [1.82, 2.24) is 5.32 Å². The zero-order chi connectivity index (χ0) is 12.8. The van der Waals surface area contributed by atoms with Gasteiger partial charge < -0.3 is 10.2 Å². The number of aldehydes is 1. The predicted octanol–water partition coefficient (Wildman–Crippen LogP) is 1.21. The van der Waals surface area contributed by atoms with Gasteiger partial charge in [-0.3, -0.25) is 9.59 Å². The Morgan fingerprint density at radius 1 is 1.53 bits per heavy atom. The number of halogens is 1. The third-order valence-corrected chi connectivity index (χ3v) is 2.45. The predicted molar refractivity (Wildman–Crippen MR) is 63.7 cm³/mol. The van der Waals surface area contributed by atoms with Gasteiger partial charge in [-0.05, 0) is 25.1 Å². The average molecular weight is 238 g/mol. The third-order valence-electron chi connectivity index (χ3n) is 2.45. The van der Waals surface area contributed by atoms with Crippen molar-refractivity contribution in [1.29, 1.82) is 0 Å². The number of hydrogen-bond donors (Lipinski definition) is 1. The number of anilines is 1. The molecule has 1 N–H and O–H groups in total. The molecular formula is C12H15FN2O2. The summed E-state index contributed by atoms with van der Waals surface area (Å²) >= 11 is 0. The number of rotatable bonds is 5. The molecule has 1 aromatic carbocycles. The molecule has 0 aliphatic heterocycles. The quantitative estimate of drug-likeness (QED) is 0.784. The Morgan fingerprint density at radius 2 is 2.24 bits per heavy atom. The van der Waals surface area contributed by atoms with Gasteiger partial charge in [-0.2, -0.15) is 0 Å². The van der Waals surface area contributed by atoms with E-state index in [0.717, 1.165) is 6.07 Å². The molecule has 1 amide bonds. The smallest absolute Gasteiger partial charge is 0.239 e. The first kappa shape index (κ1) is 13.2. The Labute approximate surface area is 99.4 Å². The van der Waals surface area contributed by atoms with Crippen LogP contribution in [0.2, 0.25) is 0 Å². The highest BCUT2D eigenvalue weighted by atomic mass is 19.1. The number of carbonyl (C=O) groups excluding carboxylic acids is 2. The lowest BCUT2D eigenvalue weighted by Crippen LogP contribution is -2.36. The second kappa shape index (κ2) is 5.98. The minimum atomic E-state index is -0.466. The Kier molecular flexibility index (Phi) is 4.63. The Morgan fingerprint density at radius 3 is 2.76 bits per heavy atom. The largest absolute Gasteiger partial charge is 0.362 e. The molecule has 17 heavy (non-hydrogen) atoms. The SMILES string of the molecule is CCN(CC(=O)NC)c1ccc(F)cc1C=O. The highest BCUT2D eigenvalue weighted by Gasteiger charge is 2.13. The van der Waals surface area contributed by atoms with Gasteiger partial charge in [-0.25, -0.2) is 4.39 Å².